The van der Waals surface area contributed by atoms with Gasteiger partial charge in [-0.3, -0.25) is 4.90 Å². The van der Waals surface area contributed by atoms with Gasteiger partial charge in [-0.15, -0.1) is 0 Å². The van der Waals surface area contributed by atoms with Crippen LogP contribution in [0.2, 0.25) is 0 Å². The average Bonchev–Trinajstić information content (AvgIpc) is 3.10. The van der Waals surface area contributed by atoms with Crippen molar-refractivity contribution in [3.8, 4) is 0 Å². The molecule has 2 aliphatic rings. The first-order valence-electron chi connectivity index (χ1n) is 7.17. The molecule has 1 saturated heterocycles. The normalized spacial score (nSPS) is 28.7. The van der Waals surface area contributed by atoms with Crippen LogP contribution in [0.3, 0.4) is 0 Å². The van der Waals surface area contributed by atoms with Crippen LogP contribution in [0, 0.1) is 5.92 Å². The maximum Gasteiger partial charge on any atom is 0.0195 e. The molecule has 94 valence electrons. The van der Waals surface area contributed by atoms with Crippen molar-refractivity contribution >= 4 is 0 Å². The Balaban J connectivity index is 1.85. The van der Waals surface area contributed by atoms with Crippen molar-refractivity contribution in [2.75, 3.05) is 13.1 Å². The maximum absolute atomic E-state index is 3.68. The van der Waals surface area contributed by atoms with E-state index >= 15 is 0 Å². The van der Waals surface area contributed by atoms with E-state index in [0.717, 1.165) is 18.0 Å². The van der Waals surface area contributed by atoms with Gasteiger partial charge in [-0.1, -0.05) is 6.42 Å². The zero-order valence-electron chi connectivity index (χ0n) is 11.2. The van der Waals surface area contributed by atoms with Crippen molar-refractivity contribution in [3.05, 3.63) is 0 Å². The molecule has 1 heterocycles. The lowest BCUT2D eigenvalue weighted by Gasteiger charge is -2.37. The SMILES string of the molecule is CC(C)N(CC1CCCCN1)C(C)C1CC1. The van der Waals surface area contributed by atoms with Crippen LogP contribution >= 0.6 is 0 Å². The van der Waals surface area contributed by atoms with Crippen molar-refractivity contribution in [1.82, 2.24) is 10.2 Å². The smallest absolute Gasteiger partial charge is 0.0195 e. The zero-order valence-corrected chi connectivity index (χ0v) is 11.2. The molecule has 2 unspecified atom stereocenters. The third-order valence-corrected chi connectivity index (χ3v) is 4.33. The van der Waals surface area contributed by atoms with Crippen LogP contribution in [-0.2, 0) is 0 Å². The van der Waals surface area contributed by atoms with Crippen molar-refractivity contribution in [2.24, 2.45) is 5.92 Å². The molecular formula is C14H28N2. The van der Waals surface area contributed by atoms with E-state index in [1.807, 2.05) is 0 Å². The van der Waals surface area contributed by atoms with Crippen LogP contribution in [0.15, 0.2) is 0 Å². The first-order valence-corrected chi connectivity index (χ1v) is 7.17. The van der Waals surface area contributed by atoms with Gasteiger partial charge in [0.2, 0.25) is 0 Å². The molecule has 1 aliphatic heterocycles. The fraction of sp³-hybridized carbons (Fsp3) is 1.00. The third-order valence-electron chi connectivity index (χ3n) is 4.33. The third kappa shape index (κ3) is 3.21. The minimum absolute atomic E-state index is 0.694. The minimum Gasteiger partial charge on any atom is -0.313 e. The van der Waals surface area contributed by atoms with Gasteiger partial charge in [0, 0.05) is 24.7 Å². The van der Waals surface area contributed by atoms with Crippen LogP contribution in [0.25, 0.3) is 0 Å². The largest absolute Gasteiger partial charge is 0.313 e. The molecule has 2 nitrogen and oxygen atoms in total. The van der Waals surface area contributed by atoms with Gasteiger partial charge in [-0.05, 0) is 58.9 Å². The quantitative estimate of drug-likeness (QED) is 0.772. The van der Waals surface area contributed by atoms with Crippen molar-refractivity contribution in [3.63, 3.8) is 0 Å². The van der Waals surface area contributed by atoms with Gasteiger partial charge in [-0.25, -0.2) is 0 Å². The lowest BCUT2D eigenvalue weighted by Crippen LogP contribution is -2.49. The molecule has 0 radical (unpaired) electrons. The number of rotatable bonds is 5. The molecule has 2 rings (SSSR count). The summed E-state index contributed by atoms with van der Waals surface area (Å²) < 4.78 is 0. The first kappa shape index (κ1) is 12.4. The topological polar surface area (TPSA) is 15.3 Å². The fourth-order valence-electron chi connectivity index (χ4n) is 3.03. The van der Waals surface area contributed by atoms with Gasteiger partial charge in [0.15, 0.2) is 0 Å². The molecule has 1 saturated carbocycles. The monoisotopic (exact) mass is 224 g/mol. The van der Waals surface area contributed by atoms with Crippen LogP contribution in [0.1, 0.15) is 52.9 Å². The highest BCUT2D eigenvalue weighted by atomic mass is 15.2. The lowest BCUT2D eigenvalue weighted by molar-refractivity contribution is 0.124. The number of nitrogens with one attached hydrogen (secondary N) is 1. The second-order valence-corrected chi connectivity index (χ2v) is 6.02. The molecule has 2 atom stereocenters. The average molecular weight is 224 g/mol. The first-order chi connectivity index (χ1) is 7.68. The second-order valence-electron chi connectivity index (χ2n) is 6.02. The van der Waals surface area contributed by atoms with E-state index < -0.39 is 0 Å². The summed E-state index contributed by atoms with van der Waals surface area (Å²) in [6.07, 6.45) is 7.09. The van der Waals surface area contributed by atoms with Crippen LogP contribution in [0.4, 0.5) is 0 Å². The highest BCUT2D eigenvalue weighted by Gasteiger charge is 2.33. The summed E-state index contributed by atoms with van der Waals surface area (Å²) in [4.78, 5) is 2.72. The Morgan fingerprint density at radius 3 is 2.38 bits per heavy atom. The van der Waals surface area contributed by atoms with E-state index in [0.29, 0.717) is 6.04 Å². The Kier molecular flexibility index (Phi) is 4.26. The summed E-state index contributed by atoms with van der Waals surface area (Å²) in [5.41, 5.74) is 0. The molecule has 0 bridgehead atoms. The fourth-order valence-corrected chi connectivity index (χ4v) is 3.03. The van der Waals surface area contributed by atoms with E-state index in [-0.39, 0.29) is 0 Å². The standard InChI is InChI=1S/C14H28N2/c1-11(2)16(12(3)13-7-8-13)10-14-6-4-5-9-15-14/h11-15H,4-10H2,1-3H3. The van der Waals surface area contributed by atoms with Gasteiger partial charge >= 0.3 is 0 Å². The van der Waals surface area contributed by atoms with Gasteiger partial charge in [-0.2, -0.15) is 0 Å². The Labute approximate surface area is 101 Å². The Hall–Kier alpha value is -0.0800. The number of piperidine rings is 1. The van der Waals surface area contributed by atoms with Gasteiger partial charge in [0.05, 0.1) is 0 Å². The van der Waals surface area contributed by atoms with Crippen molar-refractivity contribution in [1.29, 1.82) is 0 Å². The summed E-state index contributed by atoms with van der Waals surface area (Å²) >= 11 is 0. The van der Waals surface area contributed by atoms with E-state index in [1.165, 1.54) is 45.2 Å². The summed E-state index contributed by atoms with van der Waals surface area (Å²) in [6, 6.07) is 2.24. The number of nitrogens with zero attached hydrogens (tertiary/aromatic N) is 1. The summed E-state index contributed by atoms with van der Waals surface area (Å²) in [5.74, 6) is 0.992. The van der Waals surface area contributed by atoms with E-state index in [1.54, 1.807) is 0 Å². The Morgan fingerprint density at radius 2 is 1.88 bits per heavy atom. The van der Waals surface area contributed by atoms with Gasteiger partial charge in [0.25, 0.3) is 0 Å². The molecule has 2 heteroatoms. The molecule has 1 aliphatic carbocycles. The van der Waals surface area contributed by atoms with Crippen molar-refractivity contribution in [2.45, 2.75) is 71.0 Å². The number of hydrogen-bond donors (Lipinski definition) is 1. The highest BCUT2D eigenvalue weighted by Crippen LogP contribution is 2.36. The predicted molar refractivity (Wildman–Crippen MR) is 69.7 cm³/mol. The summed E-state index contributed by atoms with van der Waals surface area (Å²) in [7, 11) is 0. The van der Waals surface area contributed by atoms with E-state index in [2.05, 4.69) is 31.0 Å². The Morgan fingerprint density at radius 1 is 1.12 bits per heavy atom. The predicted octanol–water partition coefficient (Wildman–Crippen LogP) is 2.64. The molecule has 16 heavy (non-hydrogen) atoms. The van der Waals surface area contributed by atoms with Gasteiger partial charge < -0.3 is 5.32 Å². The molecule has 0 spiro atoms. The van der Waals surface area contributed by atoms with Crippen LogP contribution in [-0.4, -0.2) is 36.1 Å². The van der Waals surface area contributed by atoms with Crippen LogP contribution in [0.5, 0.6) is 0 Å². The van der Waals surface area contributed by atoms with Crippen LogP contribution < -0.4 is 5.32 Å². The van der Waals surface area contributed by atoms with E-state index in [9.17, 15) is 0 Å². The molecule has 0 amide bonds. The molecular weight excluding hydrogens is 196 g/mol. The highest BCUT2D eigenvalue weighted by molar-refractivity contribution is 4.89. The molecule has 2 fully saturated rings. The minimum atomic E-state index is 0.694. The van der Waals surface area contributed by atoms with E-state index in [4.69, 9.17) is 0 Å². The lowest BCUT2D eigenvalue weighted by atomic mass is 10.0. The summed E-state index contributed by atoms with van der Waals surface area (Å²) in [5, 5.41) is 3.68. The zero-order chi connectivity index (χ0) is 11.5. The molecule has 0 aromatic carbocycles. The Bertz CT molecular complexity index is 205. The second kappa shape index (κ2) is 5.50. The van der Waals surface area contributed by atoms with Crippen molar-refractivity contribution < 1.29 is 0 Å². The maximum atomic E-state index is 3.68. The molecule has 0 aromatic heterocycles. The molecule has 0 aromatic rings. The van der Waals surface area contributed by atoms with Gasteiger partial charge in [0.1, 0.15) is 0 Å². The summed E-state index contributed by atoms with van der Waals surface area (Å²) in [6.45, 7) is 9.62. The number of hydrogen-bond acceptors (Lipinski definition) is 2. The molecule has 1 N–H and O–H groups in total.